The minimum Gasteiger partial charge on any atom is -0.493 e. The molecular formula is C18H21F3O3. The van der Waals surface area contributed by atoms with Gasteiger partial charge in [0.15, 0.2) is 0 Å². The Hall–Kier alpha value is -1.98. The van der Waals surface area contributed by atoms with Gasteiger partial charge in [-0.25, -0.2) is 4.79 Å². The first-order chi connectivity index (χ1) is 11.3. The molecule has 0 aliphatic carbocycles. The highest BCUT2D eigenvalue weighted by molar-refractivity contribution is 5.87. The SMILES string of the molecule is CCCc1cc2c(C(F)(F)F)cc(=O)oc2c(CCC)c1OCC. The standard InChI is InChI=1S/C18H21F3O3/c1-4-7-11-9-13-14(18(19,20)21)10-15(22)24-17(13)12(8-5-2)16(11)23-6-3/h9-10H,4-8H2,1-3H3. The minimum absolute atomic E-state index is 0.0139. The second-order valence-corrected chi connectivity index (χ2v) is 5.63. The first-order valence-electron chi connectivity index (χ1n) is 8.16. The largest absolute Gasteiger partial charge is 0.493 e. The van der Waals surface area contributed by atoms with Gasteiger partial charge in [0.2, 0.25) is 0 Å². The Kier molecular flexibility index (Phi) is 5.57. The van der Waals surface area contributed by atoms with Gasteiger partial charge in [0.1, 0.15) is 11.3 Å². The number of rotatable bonds is 6. The van der Waals surface area contributed by atoms with E-state index in [0.717, 1.165) is 12.0 Å². The van der Waals surface area contributed by atoms with Gasteiger partial charge in [0, 0.05) is 17.0 Å². The lowest BCUT2D eigenvalue weighted by Crippen LogP contribution is -2.13. The van der Waals surface area contributed by atoms with E-state index >= 15 is 0 Å². The Morgan fingerprint density at radius 1 is 1.08 bits per heavy atom. The lowest BCUT2D eigenvalue weighted by molar-refractivity contribution is -0.136. The molecule has 0 N–H and O–H groups in total. The van der Waals surface area contributed by atoms with Crippen LogP contribution in [0.2, 0.25) is 0 Å². The van der Waals surface area contributed by atoms with Gasteiger partial charge in [-0.3, -0.25) is 0 Å². The van der Waals surface area contributed by atoms with Crippen molar-refractivity contribution in [1.29, 1.82) is 0 Å². The molecular weight excluding hydrogens is 321 g/mol. The van der Waals surface area contributed by atoms with Crippen LogP contribution in [0.1, 0.15) is 50.3 Å². The third kappa shape index (κ3) is 3.57. The summed E-state index contributed by atoms with van der Waals surface area (Å²) in [6, 6.07) is 1.98. The molecule has 1 heterocycles. The fourth-order valence-electron chi connectivity index (χ4n) is 2.90. The molecule has 0 aliphatic heterocycles. The number of benzene rings is 1. The summed E-state index contributed by atoms with van der Waals surface area (Å²) in [7, 11) is 0. The lowest BCUT2D eigenvalue weighted by atomic mass is 9.96. The Morgan fingerprint density at radius 3 is 2.29 bits per heavy atom. The van der Waals surface area contributed by atoms with Gasteiger partial charge in [-0.1, -0.05) is 26.7 Å². The second-order valence-electron chi connectivity index (χ2n) is 5.63. The van der Waals surface area contributed by atoms with Crippen LogP contribution in [-0.4, -0.2) is 6.61 Å². The van der Waals surface area contributed by atoms with Crippen molar-refractivity contribution in [2.24, 2.45) is 0 Å². The van der Waals surface area contributed by atoms with Crippen LogP contribution in [0.25, 0.3) is 11.0 Å². The second kappa shape index (κ2) is 7.28. The highest BCUT2D eigenvalue weighted by Gasteiger charge is 2.35. The summed E-state index contributed by atoms with van der Waals surface area (Å²) >= 11 is 0. The molecule has 1 aromatic carbocycles. The summed E-state index contributed by atoms with van der Waals surface area (Å²) in [6.07, 6.45) is -2.07. The first-order valence-corrected chi connectivity index (χ1v) is 8.16. The van der Waals surface area contributed by atoms with Crippen molar-refractivity contribution < 1.29 is 22.3 Å². The molecule has 0 amide bonds. The van der Waals surface area contributed by atoms with Crippen LogP contribution in [0.5, 0.6) is 5.75 Å². The van der Waals surface area contributed by atoms with Crippen molar-refractivity contribution in [2.75, 3.05) is 6.61 Å². The molecule has 24 heavy (non-hydrogen) atoms. The zero-order valence-corrected chi connectivity index (χ0v) is 14.0. The molecule has 0 saturated carbocycles. The van der Waals surface area contributed by atoms with Crippen LogP contribution in [-0.2, 0) is 19.0 Å². The van der Waals surface area contributed by atoms with E-state index in [0.29, 0.717) is 43.2 Å². The summed E-state index contributed by atoms with van der Waals surface area (Å²) in [4.78, 5) is 11.7. The van der Waals surface area contributed by atoms with E-state index in [-0.39, 0.29) is 11.0 Å². The molecule has 132 valence electrons. The smallest absolute Gasteiger partial charge is 0.417 e. The molecule has 0 bridgehead atoms. The van der Waals surface area contributed by atoms with Crippen molar-refractivity contribution in [3.8, 4) is 5.75 Å². The number of hydrogen-bond acceptors (Lipinski definition) is 3. The van der Waals surface area contributed by atoms with Gasteiger partial charge in [-0.05, 0) is 31.4 Å². The predicted octanol–water partition coefficient (Wildman–Crippen LogP) is 5.12. The molecule has 6 heteroatoms. The van der Waals surface area contributed by atoms with E-state index < -0.39 is 17.4 Å². The number of alkyl halides is 3. The molecule has 0 atom stereocenters. The maximum atomic E-state index is 13.4. The summed E-state index contributed by atoms with van der Waals surface area (Å²) < 4.78 is 51.0. The minimum atomic E-state index is -4.62. The third-order valence-corrected chi connectivity index (χ3v) is 3.77. The molecule has 0 aliphatic rings. The first kappa shape index (κ1) is 18.4. The summed E-state index contributed by atoms with van der Waals surface area (Å²) in [5, 5.41) is -0.0718. The highest BCUT2D eigenvalue weighted by atomic mass is 19.4. The van der Waals surface area contributed by atoms with Gasteiger partial charge >= 0.3 is 11.8 Å². The quantitative estimate of drug-likeness (QED) is 0.684. The summed E-state index contributed by atoms with van der Waals surface area (Å²) in [5.41, 5.74) is -0.706. The molecule has 0 fully saturated rings. The van der Waals surface area contributed by atoms with E-state index in [1.165, 1.54) is 6.07 Å². The van der Waals surface area contributed by atoms with Crippen molar-refractivity contribution in [2.45, 2.75) is 52.6 Å². The molecule has 2 rings (SSSR count). The molecule has 3 nitrogen and oxygen atoms in total. The Balaban J connectivity index is 2.94. The maximum Gasteiger partial charge on any atom is 0.417 e. The normalized spacial score (nSPS) is 11.9. The highest BCUT2D eigenvalue weighted by Crippen LogP contribution is 2.39. The van der Waals surface area contributed by atoms with Crippen LogP contribution in [0.15, 0.2) is 21.3 Å². The molecule has 2 aromatic rings. The third-order valence-electron chi connectivity index (χ3n) is 3.77. The van der Waals surface area contributed by atoms with Gasteiger partial charge in [0.25, 0.3) is 0 Å². The zero-order valence-electron chi connectivity index (χ0n) is 14.0. The van der Waals surface area contributed by atoms with Crippen molar-refractivity contribution in [3.05, 3.63) is 39.2 Å². The van der Waals surface area contributed by atoms with Crippen molar-refractivity contribution in [3.63, 3.8) is 0 Å². The van der Waals surface area contributed by atoms with Gasteiger partial charge < -0.3 is 9.15 Å². The fraction of sp³-hybridized carbons (Fsp3) is 0.500. The molecule has 0 unspecified atom stereocenters. The predicted molar refractivity (Wildman–Crippen MR) is 86.6 cm³/mol. The van der Waals surface area contributed by atoms with Crippen LogP contribution >= 0.6 is 0 Å². The molecule has 1 aromatic heterocycles. The van der Waals surface area contributed by atoms with E-state index in [1.54, 1.807) is 0 Å². The van der Waals surface area contributed by atoms with Crippen molar-refractivity contribution in [1.82, 2.24) is 0 Å². The Morgan fingerprint density at radius 2 is 1.75 bits per heavy atom. The van der Waals surface area contributed by atoms with E-state index in [1.807, 2.05) is 20.8 Å². The number of ether oxygens (including phenoxy) is 1. The molecule has 0 radical (unpaired) electrons. The fourth-order valence-corrected chi connectivity index (χ4v) is 2.90. The topological polar surface area (TPSA) is 39.4 Å². The maximum absolute atomic E-state index is 13.4. The average molecular weight is 342 g/mol. The van der Waals surface area contributed by atoms with Crippen LogP contribution in [0.4, 0.5) is 13.2 Å². The van der Waals surface area contributed by atoms with Crippen molar-refractivity contribution >= 4 is 11.0 Å². The molecule has 0 saturated heterocycles. The van der Waals surface area contributed by atoms with Crippen LogP contribution in [0.3, 0.4) is 0 Å². The van der Waals surface area contributed by atoms with Crippen LogP contribution < -0.4 is 10.4 Å². The average Bonchev–Trinajstić information content (AvgIpc) is 2.50. The number of aryl methyl sites for hydroxylation is 2. The van der Waals surface area contributed by atoms with Gasteiger partial charge in [-0.15, -0.1) is 0 Å². The number of hydrogen-bond donors (Lipinski definition) is 0. The Labute approximate surface area is 138 Å². The van der Waals surface area contributed by atoms with E-state index in [2.05, 4.69) is 0 Å². The van der Waals surface area contributed by atoms with E-state index in [9.17, 15) is 18.0 Å². The lowest BCUT2D eigenvalue weighted by Gasteiger charge is -2.18. The Bertz CT molecular complexity index is 776. The number of fused-ring (bicyclic) bond motifs is 1. The van der Waals surface area contributed by atoms with Crippen LogP contribution in [0, 0.1) is 0 Å². The summed E-state index contributed by atoms with van der Waals surface area (Å²) in [6.45, 7) is 6.08. The molecule has 0 spiro atoms. The van der Waals surface area contributed by atoms with Gasteiger partial charge in [0.05, 0.1) is 12.2 Å². The number of halogens is 3. The van der Waals surface area contributed by atoms with E-state index in [4.69, 9.17) is 9.15 Å². The summed E-state index contributed by atoms with van der Waals surface area (Å²) in [5.74, 6) is 0.552. The van der Waals surface area contributed by atoms with Gasteiger partial charge in [-0.2, -0.15) is 13.2 Å². The zero-order chi connectivity index (χ0) is 17.9. The monoisotopic (exact) mass is 342 g/mol.